The van der Waals surface area contributed by atoms with Gasteiger partial charge in [-0.15, -0.1) is 0 Å². The zero-order chi connectivity index (χ0) is 15.7. The molecule has 2 heterocycles. The van der Waals surface area contributed by atoms with E-state index in [9.17, 15) is 9.59 Å². The smallest absolute Gasteiger partial charge is 0.328 e. The minimum Gasteiger partial charge on any atom is -0.467 e. The number of piperidine rings is 1. The van der Waals surface area contributed by atoms with Gasteiger partial charge in [-0.2, -0.15) is 0 Å². The molecule has 1 aliphatic heterocycles. The van der Waals surface area contributed by atoms with Crippen LogP contribution in [0, 0.1) is 0 Å². The van der Waals surface area contributed by atoms with Gasteiger partial charge in [0.2, 0.25) is 0 Å². The Hall–Kier alpha value is -1.82. The standard InChI is InChI=1S/C16H16BrNO4/c1-21-16(20)12-6-2-3-8-18(12)15(19)14-9-10-11(17)5-4-7-13(10)22-14/h4-5,7,9,12H,2-3,6,8H2,1H3. The summed E-state index contributed by atoms with van der Waals surface area (Å²) in [6.07, 6.45) is 2.42. The van der Waals surface area contributed by atoms with Gasteiger partial charge in [-0.25, -0.2) is 4.79 Å². The van der Waals surface area contributed by atoms with E-state index in [0.717, 1.165) is 22.7 Å². The summed E-state index contributed by atoms with van der Waals surface area (Å²) in [6, 6.07) is 6.74. The summed E-state index contributed by atoms with van der Waals surface area (Å²) in [5.74, 6) is -0.388. The summed E-state index contributed by atoms with van der Waals surface area (Å²) in [4.78, 5) is 26.2. The summed E-state index contributed by atoms with van der Waals surface area (Å²) >= 11 is 3.44. The lowest BCUT2D eigenvalue weighted by Crippen LogP contribution is -2.48. The number of esters is 1. The Morgan fingerprint density at radius 2 is 2.18 bits per heavy atom. The number of rotatable bonds is 2. The summed E-state index contributed by atoms with van der Waals surface area (Å²) in [6.45, 7) is 0.539. The third-order valence-corrected chi connectivity index (χ3v) is 4.65. The molecule has 0 aliphatic carbocycles. The molecule has 1 amide bonds. The van der Waals surface area contributed by atoms with Gasteiger partial charge in [0.1, 0.15) is 11.6 Å². The lowest BCUT2D eigenvalue weighted by atomic mass is 10.0. The molecule has 2 aromatic rings. The highest BCUT2D eigenvalue weighted by Crippen LogP contribution is 2.29. The van der Waals surface area contributed by atoms with Crippen molar-refractivity contribution < 1.29 is 18.7 Å². The van der Waals surface area contributed by atoms with E-state index < -0.39 is 6.04 Å². The van der Waals surface area contributed by atoms with E-state index in [1.165, 1.54) is 7.11 Å². The number of benzene rings is 1. The van der Waals surface area contributed by atoms with Crippen LogP contribution in [0.4, 0.5) is 0 Å². The Morgan fingerprint density at radius 1 is 1.36 bits per heavy atom. The molecule has 1 aliphatic rings. The van der Waals surface area contributed by atoms with Crippen LogP contribution < -0.4 is 0 Å². The van der Waals surface area contributed by atoms with Gasteiger partial charge in [0.15, 0.2) is 5.76 Å². The average Bonchev–Trinajstić information content (AvgIpc) is 2.99. The van der Waals surface area contributed by atoms with Crippen molar-refractivity contribution in [3.63, 3.8) is 0 Å². The quantitative estimate of drug-likeness (QED) is 0.765. The zero-order valence-corrected chi connectivity index (χ0v) is 13.8. The third-order valence-electron chi connectivity index (χ3n) is 3.96. The predicted molar refractivity (Wildman–Crippen MR) is 84.6 cm³/mol. The fourth-order valence-electron chi connectivity index (χ4n) is 2.83. The molecule has 116 valence electrons. The lowest BCUT2D eigenvalue weighted by molar-refractivity contribution is -0.147. The van der Waals surface area contributed by atoms with Crippen molar-refractivity contribution in [1.29, 1.82) is 0 Å². The first-order valence-corrected chi connectivity index (χ1v) is 7.98. The third kappa shape index (κ3) is 2.63. The van der Waals surface area contributed by atoms with Crippen LogP contribution in [0.1, 0.15) is 29.8 Å². The molecule has 1 aromatic heterocycles. The molecule has 0 saturated carbocycles. The maximum absolute atomic E-state index is 12.7. The molecule has 1 aromatic carbocycles. The van der Waals surface area contributed by atoms with Gasteiger partial charge in [0.05, 0.1) is 7.11 Å². The van der Waals surface area contributed by atoms with E-state index in [2.05, 4.69) is 15.9 Å². The highest BCUT2D eigenvalue weighted by Gasteiger charge is 2.34. The van der Waals surface area contributed by atoms with Crippen LogP contribution in [-0.4, -0.2) is 36.5 Å². The Bertz CT molecular complexity index is 724. The van der Waals surface area contributed by atoms with Gasteiger partial charge < -0.3 is 14.1 Å². The number of amides is 1. The van der Waals surface area contributed by atoms with Crippen LogP contribution in [0.15, 0.2) is 33.2 Å². The Labute approximate surface area is 136 Å². The molecule has 1 fully saturated rings. The van der Waals surface area contributed by atoms with Gasteiger partial charge in [-0.1, -0.05) is 22.0 Å². The summed E-state index contributed by atoms with van der Waals surface area (Å²) < 4.78 is 11.3. The number of furan rings is 1. The van der Waals surface area contributed by atoms with Crippen LogP contribution in [0.2, 0.25) is 0 Å². The predicted octanol–water partition coefficient (Wildman–Crippen LogP) is 3.36. The first-order chi connectivity index (χ1) is 10.6. The molecular weight excluding hydrogens is 350 g/mol. The van der Waals surface area contributed by atoms with Crippen molar-refractivity contribution in [2.45, 2.75) is 25.3 Å². The minimum atomic E-state index is -0.525. The molecule has 1 saturated heterocycles. The van der Waals surface area contributed by atoms with Crippen LogP contribution in [0.5, 0.6) is 0 Å². The number of carbonyl (C=O) groups is 2. The number of hydrogen-bond acceptors (Lipinski definition) is 4. The number of hydrogen-bond donors (Lipinski definition) is 0. The molecular formula is C16H16BrNO4. The topological polar surface area (TPSA) is 59.8 Å². The Kier molecular flexibility index (Phi) is 4.20. The highest BCUT2D eigenvalue weighted by atomic mass is 79.9. The lowest BCUT2D eigenvalue weighted by Gasteiger charge is -2.33. The first kappa shape index (κ1) is 15.1. The summed E-state index contributed by atoms with van der Waals surface area (Å²) in [5, 5.41) is 0.845. The molecule has 22 heavy (non-hydrogen) atoms. The van der Waals surface area contributed by atoms with Crippen molar-refractivity contribution in [1.82, 2.24) is 4.90 Å². The molecule has 1 unspecified atom stereocenters. The summed E-state index contributed by atoms with van der Waals surface area (Å²) in [7, 11) is 1.35. The second-order valence-corrected chi connectivity index (χ2v) is 6.15. The largest absolute Gasteiger partial charge is 0.467 e. The Morgan fingerprint density at radius 3 is 2.91 bits per heavy atom. The molecule has 5 nitrogen and oxygen atoms in total. The van der Waals surface area contributed by atoms with Crippen molar-refractivity contribution >= 4 is 38.8 Å². The summed E-state index contributed by atoms with van der Waals surface area (Å²) in [5.41, 5.74) is 0.643. The number of ether oxygens (including phenoxy) is 1. The van der Waals surface area contributed by atoms with Gasteiger partial charge in [-0.3, -0.25) is 4.79 Å². The molecule has 3 rings (SSSR count). The molecule has 0 radical (unpaired) electrons. The second kappa shape index (κ2) is 6.12. The van der Waals surface area contributed by atoms with Crippen LogP contribution in [0.3, 0.4) is 0 Å². The molecule has 6 heteroatoms. The van der Waals surface area contributed by atoms with Crippen molar-refractivity contribution in [3.05, 3.63) is 34.5 Å². The monoisotopic (exact) mass is 365 g/mol. The van der Waals surface area contributed by atoms with E-state index >= 15 is 0 Å². The van der Waals surface area contributed by atoms with Crippen LogP contribution in [0.25, 0.3) is 11.0 Å². The fourth-order valence-corrected chi connectivity index (χ4v) is 3.29. The SMILES string of the molecule is COC(=O)C1CCCCN1C(=O)c1cc2c(Br)cccc2o1. The molecule has 1 atom stereocenters. The first-order valence-electron chi connectivity index (χ1n) is 7.18. The van der Waals surface area contributed by atoms with E-state index in [4.69, 9.17) is 9.15 Å². The highest BCUT2D eigenvalue weighted by molar-refractivity contribution is 9.10. The van der Waals surface area contributed by atoms with Gasteiger partial charge in [-0.05, 0) is 37.5 Å². The molecule has 0 bridgehead atoms. The zero-order valence-electron chi connectivity index (χ0n) is 12.2. The maximum atomic E-state index is 12.7. The number of methoxy groups -OCH3 is 1. The number of halogens is 1. The fraction of sp³-hybridized carbons (Fsp3) is 0.375. The normalized spacial score (nSPS) is 18.5. The van der Waals surface area contributed by atoms with Gasteiger partial charge >= 0.3 is 5.97 Å². The number of likely N-dealkylation sites (tertiary alicyclic amines) is 1. The van der Waals surface area contributed by atoms with Gasteiger partial charge in [0, 0.05) is 16.4 Å². The molecule has 0 spiro atoms. The molecule has 0 N–H and O–H groups in total. The van der Waals surface area contributed by atoms with E-state index in [1.807, 2.05) is 18.2 Å². The van der Waals surface area contributed by atoms with Crippen LogP contribution >= 0.6 is 15.9 Å². The van der Waals surface area contributed by atoms with E-state index in [-0.39, 0.29) is 17.6 Å². The number of nitrogens with zero attached hydrogens (tertiary/aromatic N) is 1. The van der Waals surface area contributed by atoms with Gasteiger partial charge in [0.25, 0.3) is 5.91 Å². The average molecular weight is 366 g/mol. The second-order valence-electron chi connectivity index (χ2n) is 5.30. The van der Waals surface area contributed by atoms with E-state index in [1.54, 1.807) is 11.0 Å². The van der Waals surface area contributed by atoms with E-state index in [0.29, 0.717) is 18.5 Å². The van der Waals surface area contributed by atoms with Crippen molar-refractivity contribution in [2.75, 3.05) is 13.7 Å². The maximum Gasteiger partial charge on any atom is 0.328 e. The Balaban J connectivity index is 1.93. The van der Waals surface area contributed by atoms with Crippen molar-refractivity contribution in [2.24, 2.45) is 0 Å². The minimum absolute atomic E-state index is 0.248. The number of fused-ring (bicyclic) bond motifs is 1. The van der Waals surface area contributed by atoms with Crippen molar-refractivity contribution in [3.8, 4) is 0 Å². The van der Waals surface area contributed by atoms with Crippen LogP contribution in [-0.2, 0) is 9.53 Å². The number of carbonyl (C=O) groups excluding carboxylic acids is 2.